The maximum absolute atomic E-state index is 13.9. The molecule has 0 fully saturated rings. The van der Waals surface area contributed by atoms with Crippen LogP contribution in [0.2, 0.25) is 0 Å². The van der Waals surface area contributed by atoms with Crippen molar-refractivity contribution < 1.29 is 18.6 Å². The first-order chi connectivity index (χ1) is 11.1. The molecule has 5 nitrogen and oxygen atoms in total. The van der Waals surface area contributed by atoms with Crippen LogP contribution >= 0.6 is 0 Å². The van der Waals surface area contributed by atoms with Gasteiger partial charge in [0.25, 0.3) is 0 Å². The number of hydrogen-bond donors (Lipinski definition) is 1. The van der Waals surface area contributed by atoms with Gasteiger partial charge in [0.2, 0.25) is 5.88 Å². The molecule has 0 amide bonds. The highest BCUT2D eigenvalue weighted by Crippen LogP contribution is 2.34. The largest absolute Gasteiger partial charge is 0.474 e. The maximum Gasteiger partial charge on any atom is 0.234 e. The molecule has 23 heavy (non-hydrogen) atoms. The SMILES string of the molecule is CC1c2cc(F)cc(F)c2CCN1c1cncc(OCCO)n1. The lowest BCUT2D eigenvalue weighted by atomic mass is 9.93. The minimum atomic E-state index is -0.582. The molecule has 1 aromatic carbocycles. The van der Waals surface area contributed by atoms with Crippen molar-refractivity contribution in [3.8, 4) is 5.88 Å². The first kappa shape index (κ1) is 15.6. The predicted molar refractivity (Wildman–Crippen MR) is 80.4 cm³/mol. The monoisotopic (exact) mass is 321 g/mol. The lowest BCUT2D eigenvalue weighted by Gasteiger charge is -2.36. The van der Waals surface area contributed by atoms with Crippen LogP contribution < -0.4 is 9.64 Å². The van der Waals surface area contributed by atoms with E-state index in [1.54, 1.807) is 6.20 Å². The quantitative estimate of drug-likeness (QED) is 0.936. The van der Waals surface area contributed by atoms with Crippen molar-refractivity contribution in [3.63, 3.8) is 0 Å². The van der Waals surface area contributed by atoms with Crippen LogP contribution in [0, 0.1) is 11.6 Å². The van der Waals surface area contributed by atoms with E-state index in [0.717, 1.165) is 6.07 Å². The molecule has 3 rings (SSSR count). The Kier molecular flexibility index (Phi) is 4.38. The van der Waals surface area contributed by atoms with E-state index >= 15 is 0 Å². The van der Waals surface area contributed by atoms with Gasteiger partial charge in [-0.15, -0.1) is 0 Å². The van der Waals surface area contributed by atoms with Crippen LogP contribution in [0.15, 0.2) is 24.5 Å². The lowest BCUT2D eigenvalue weighted by molar-refractivity contribution is 0.196. The average Bonchev–Trinajstić information content (AvgIpc) is 2.54. The summed E-state index contributed by atoms with van der Waals surface area (Å²) in [4.78, 5) is 10.4. The number of halogens is 2. The van der Waals surface area contributed by atoms with Crippen molar-refractivity contribution >= 4 is 5.82 Å². The van der Waals surface area contributed by atoms with Crippen molar-refractivity contribution in [2.45, 2.75) is 19.4 Å². The number of ether oxygens (including phenoxy) is 1. The number of anilines is 1. The molecule has 2 heterocycles. The zero-order valence-electron chi connectivity index (χ0n) is 12.7. The molecule has 1 aliphatic heterocycles. The van der Waals surface area contributed by atoms with Crippen LogP contribution in [0.25, 0.3) is 0 Å². The Bertz CT molecular complexity index is 712. The molecule has 0 saturated heterocycles. The fraction of sp³-hybridized carbons (Fsp3) is 0.375. The Hall–Kier alpha value is -2.28. The molecule has 0 bridgehead atoms. The minimum absolute atomic E-state index is 0.113. The first-order valence-corrected chi connectivity index (χ1v) is 7.40. The van der Waals surface area contributed by atoms with E-state index in [0.29, 0.717) is 35.8 Å². The molecule has 0 saturated carbocycles. The van der Waals surface area contributed by atoms with Gasteiger partial charge in [0.1, 0.15) is 18.2 Å². The number of aliphatic hydroxyl groups excluding tert-OH is 1. The molecule has 7 heteroatoms. The molecule has 1 N–H and O–H groups in total. The van der Waals surface area contributed by atoms with E-state index in [4.69, 9.17) is 9.84 Å². The molecule has 0 spiro atoms. The predicted octanol–water partition coefficient (Wildman–Crippen LogP) is 2.25. The number of fused-ring (bicyclic) bond motifs is 1. The highest BCUT2D eigenvalue weighted by Gasteiger charge is 2.28. The Morgan fingerprint density at radius 2 is 2.17 bits per heavy atom. The summed E-state index contributed by atoms with van der Waals surface area (Å²) >= 11 is 0. The summed E-state index contributed by atoms with van der Waals surface area (Å²) < 4.78 is 32.7. The average molecular weight is 321 g/mol. The van der Waals surface area contributed by atoms with Gasteiger partial charge in [-0.05, 0) is 30.5 Å². The van der Waals surface area contributed by atoms with E-state index in [1.165, 1.54) is 12.3 Å². The van der Waals surface area contributed by atoms with Gasteiger partial charge in [-0.25, -0.2) is 8.78 Å². The molecule has 0 radical (unpaired) electrons. The summed E-state index contributed by atoms with van der Waals surface area (Å²) in [6.45, 7) is 2.44. The topological polar surface area (TPSA) is 58.5 Å². The van der Waals surface area contributed by atoms with Crippen molar-refractivity contribution in [2.75, 3.05) is 24.7 Å². The van der Waals surface area contributed by atoms with E-state index in [2.05, 4.69) is 9.97 Å². The number of nitrogens with zero attached hydrogens (tertiary/aromatic N) is 3. The van der Waals surface area contributed by atoms with Gasteiger partial charge in [-0.1, -0.05) is 0 Å². The van der Waals surface area contributed by atoms with Gasteiger partial charge in [-0.2, -0.15) is 4.98 Å². The summed E-state index contributed by atoms with van der Waals surface area (Å²) in [5, 5.41) is 8.79. The van der Waals surface area contributed by atoms with Crippen LogP contribution in [0.5, 0.6) is 5.88 Å². The Labute approximate surface area is 132 Å². The summed E-state index contributed by atoms with van der Waals surface area (Å²) in [5.41, 5.74) is 1.17. The summed E-state index contributed by atoms with van der Waals surface area (Å²) in [6.07, 6.45) is 3.51. The number of benzene rings is 1. The summed E-state index contributed by atoms with van der Waals surface area (Å²) in [6, 6.07) is 2.06. The Balaban J connectivity index is 1.90. The zero-order chi connectivity index (χ0) is 16.4. The molecule has 2 aromatic rings. The molecule has 1 aromatic heterocycles. The molecule has 1 unspecified atom stereocenters. The highest BCUT2D eigenvalue weighted by molar-refractivity contribution is 5.47. The highest BCUT2D eigenvalue weighted by atomic mass is 19.1. The van der Waals surface area contributed by atoms with Crippen LogP contribution in [-0.4, -0.2) is 34.8 Å². The van der Waals surface area contributed by atoms with Crippen LogP contribution in [-0.2, 0) is 6.42 Å². The number of aromatic nitrogens is 2. The van der Waals surface area contributed by atoms with E-state index in [-0.39, 0.29) is 19.3 Å². The van der Waals surface area contributed by atoms with Crippen molar-refractivity contribution in [1.82, 2.24) is 9.97 Å². The Morgan fingerprint density at radius 3 is 2.96 bits per heavy atom. The van der Waals surface area contributed by atoms with Gasteiger partial charge in [0.05, 0.1) is 25.0 Å². The molecule has 1 atom stereocenters. The second kappa shape index (κ2) is 6.45. The fourth-order valence-electron chi connectivity index (χ4n) is 2.86. The third-order valence-electron chi connectivity index (χ3n) is 3.95. The maximum atomic E-state index is 13.9. The van der Waals surface area contributed by atoms with Crippen molar-refractivity contribution in [3.05, 3.63) is 47.3 Å². The van der Waals surface area contributed by atoms with Crippen molar-refractivity contribution in [1.29, 1.82) is 0 Å². The van der Waals surface area contributed by atoms with Gasteiger partial charge in [0, 0.05) is 12.6 Å². The van der Waals surface area contributed by atoms with Gasteiger partial charge >= 0.3 is 0 Å². The summed E-state index contributed by atoms with van der Waals surface area (Å²) in [5.74, 6) is -0.207. The standard InChI is InChI=1S/C16H17F2N3O2/c1-10-13-6-11(17)7-14(18)12(13)2-3-21(10)15-8-19-9-16(20-15)23-5-4-22/h6-10,22H,2-5H2,1H3. The summed E-state index contributed by atoms with van der Waals surface area (Å²) in [7, 11) is 0. The van der Waals surface area contributed by atoms with Crippen molar-refractivity contribution in [2.24, 2.45) is 0 Å². The number of hydrogen-bond acceptors (Lipinski definition) is 5. The second-order valence-corrected chi connectivity index (χ2v) is 5.36. The normalized spacial score (nSPS) is 17.0. The third kappa shape index (κ3) is 3.10. The minimum Gasteiger partial charge on any atom is -0.474 e. The zero-order valence-corrected chi connectivity index (χ0v) is 12.7. The Morgan fingerprint density at radius 1 is 1.35 bits per heavy atom. The van der Waals surface area contributed by atoms with Crippen LogP contribution in [0.3, 0.4) is 0 Å². The molecule has 0 aliphatic carbocycles. The van der Waals surface area contributed by atoms with E-state index in [1.807, 2.05) is 11.8 Å². The molecule has 122 valence electrons. The smallest absolute Gasteiger partial charge is 0.234 e. The molecule has 1 aliphatic rings. The molecular weight excluding hydrogens is 304 g/mol. The lowest BCUT2D eigenvalue weighted by Crippen LogP contribution is -2.35. The van der Waals surface area contributed by atoms with E-state index in [9.17, 15) is 8.78 Å². The van der Waals surface area contributed by atoms with Gasteiger partial charge < -0.3 is 14.7 Å². The number of rotatable bonds is 4. The second-order valence-electron chi connectivity index (χ2n) is 5.36. The fourth-order valence-corrected chi connectivity index (χ4v) is 2.86. The first-order valence-electron chi connectivity index (χ1n) is 7.40. The third-order valence-corrected chi connectivity index (χ3v) is 3.95. The number of aliphatic hydroxyl groups is 1. The van der Waals surface area contributed by atoms with Crippen LogP contribution in [0.1, 0.15) is 24.1 Å². The van der Waals surface area contributed by atoms with Gasteiger partial charge in [0.15, 0.2) is 5.82 Å². The van der Waals surface area contributed by atoms with Gasteiger partial charge in [-0.3, -0.25) is 4.98 Å². The molecular formula is C16H17F2N3O2. The van der Waals surface area contributed by atoms with E-state index < -0.39 is 11.6 Å². The van der Waals surface area contributed by atoms with Crippen LogP contribution in [0.4, 0.5) is 14.6 Å².